The minimum Gasteiger partial charge on any atom is -0.450 e. The number of hydrogen-bond acceptors (Lipinski definition) is 8. The van der Waals surface area contributed by atoms with Crippen molar-refractivity contribution in [3.63, 3.8) is 0 Å². The summed E-state index contributed by atoms with van der Waals surface area (Å²) in [6.45, 7) is 0.679. The Morgan fingerprint density at radius 2 is 0.833 bits per heavy atom. The summed E-state index contributed by atoms with van der Waals surface area (Å²) >= 11 is 0. The number of carbonyl (C=O) groups is 2. The van der Waals surface area contributed by atoms with E-state index in [9.17, 15) is 9.59 Å². The van der Waals surface area contributed by atoms with Crippen molar-refractivity contribution >= 4 is 12.2 Å². The van der Waals surface area contributed by atoms with Gasteiger partial charge in [0, 0.05) is 0 Å². The predicted molar refractivity (Wildman–Crippen MR) is 97.3 cm³/mol. The number of nitrogens with two attached hydrogens (primary N) is 2. The minimum absolute atomic E-state index is 0. The van der Waals surface area contributed by atoms with Gasteiger partial charge in [-0.25, -0.2) is 9.59 Å². The van der Waals surface area contributed by atoms with E-state index in [0.29, 0.717) is 13.2 Å². The Morgan fingerprint density at radius 3 is 1.04 bits per heavy atom. The minimum atomic E-state index is -0.748. The number of carbonyl (C=O) groups excluding carboxylic acids is 2. The van der Waals surface area contributed by atoms with E-state index in [1.807, 2.05) is 0 Å². The second kappa shape index (κ2) is 26.3. The van der Waals surface area contributed by atoms with Gasteiger partial charge in [-0.1, -0.05) is 38.5 Å². The Morgan fingerprint density at radius 1 is 0.583 bits per heavy atom. The molecule has 10 heteroatoms. The van der Waals surface area contributed by atoms with E-state index in [1.54, 1.807) is 0 Å². The molecule has 1 aliphatic carbocycles. The summed E-state index contributed by atoms with van der Waals surface area (Å²) in [7, 11) is 0. The van der Waals surface area contributed by atoms with Gasteiger partial charge in [-0.05, 0) is 25.7 Å². The third-order valence-corrected chi connectivity index (χ3v) is 3.03. The van der Waals surface area contributed by atoms with E-state index in [1.165, 1.54) is 38.5 Å². The molecule has 0 atom stereocenters. The highest BCUT2D eigenvalue weighted by Gasteiger charge is 1.96. The second-order valence-electron chi connectivity index (χ2n) is 4.87. The standard InChI is InChI=1S/C8H16N2O4.C6H12.4H3N/c9-7(11)13-5-3-1-2-4-6-14-8(10)12;1-2-4-6-5-3-1;;;;/h1-6H2,(H2,9,11)(H2,10,12);1-6H2;4*1H3. The number of rotatable bonds is 7. The third kappa shape index (κ3) is 32.4. The van der Waals surface area contributed by atoms with Gasteiger partial charge in [-0.2, -0.15) is 0 Å². The van der Waals surface area contributed by atoms with Crippen LogP contribution in [0.25, 0.3) is 0 Å². The number of unbranched alkanes of at least 4 members (excludes halogenated alkanes) is 3. The molecule has 1 fully saturated rings. The second-order valence-corrected chi connectivity index (χ2v) is 4.87. The van der Waals surface area contributed by atoms with Gasteiger partial charge in [0.2, 0.25) is 0 Å². The first-order valence-corrected chi connectivity index (χ1v) is 7.47. The molecule has 2 amide bonds. The van der Waals surface area contributed by atoms with Crippen molar-refractivity contribution in [1.82, 2.24) is 24.6 Å². The maximum absolute atomic E-state index is 10.1. The van der Waals surface area contributed by atoms with Crippen molar-refractivity contribution in [1.29, 1.82) is 0 Å². The molecule has 0 aromatic carbocycles. The van der Waals surface area contributed by atoms with Crippen LogP contribution in [0.1, 0.15) is 64.2 Å². The molecule has 16 N–H and O–H groups in total. The summed E-state index contributed by atoms with van der Waals surface area (Å²) in [5.74, 6) is 0. The van der Waals surface area contributed by atoms with Crippen LogP contribution >= 0.6 is 0 Å². The maximum atomic E-state index is 10.1. The molecule has 0 bridgehead atoms. The Labute approximate surface area is 145 Å². The van der Waals surface area contributed by atoms with Crippen molar-refractivity contribution in [2.75, 3.05) is 13.2 Å². The zero-order valence-corrected chi connectivity index (χ0v) is 15.1. The Hall–Kier alpha value is -1.62. The first-order valence-electron chi connectivity index (χ1n) is 7.47. The quantitative estimate of drug-likeness (QED) is 0.365. The lowest BCUT2D eigenvalue weighted by atomic mass is 10.0. The van der Waals surface area contributed by atoms with E-state index in [0.717, 1.165) is 25.7 Å². The molecule has 150 valence electrons. The van der Waals surface area contributed by atoms with Crippen molar-refractivity contribution < 1.29 is 19.1 Å². The van der Waals surface area contributed by atoms with Crippen LogP contribution in [0.3, 0.4) is 0 Å². The summed E-state index contributed by atoms with van der Waals surface area (Å²) in [6, 6.07) is 0. The van der Waals surface area contributed by atoms with E-state index in [-0.39, 0.29) is 24.6 Å². The van der Waals surface area contributed by atoms with Gasteiger partial charge >= 0.3 is 12.2 Å². The molecule has 0 aromatic heterocycles. The van der Waals surface area contributed by atoms with Gasteiger partial charge in [0.15, 0.2) is 0 Å². The lowest BCUT2D eigenvalue weighted by molar-refractivity contribution is 0.148. The summed E-state index contributed by atoms with van der Waals surface area (Å²) in [4.78, 5) is 20.3. The summed E-state index contributed by atoms with van der Waals surface area (Å²) in [6.07, 6.45) is 10.8. The van der Waals surface area contributed by atoms with Gasteiger partial charge in [0.05, 0.1) is 13.2 Å². The zero-order chi connectivity index (χ0) is 15.1. The Balaban J connectivity index is -0.000000103. The number of primary amides is 2. The third-order valence-electron chi connectivity index (χ3n) is 3.03. The average Bonchev–Trinajstić information content (AvgIpc) is 2.44. The fourth-order valence-electron chi connectivity index (χ4n) is 1.96. The topological polar surface area (TPSA) is 245 Å². The van der Waals surface area contributed by atoms with E-state index in [4.69, 9.17) is 11.5 Å². The van der Waals surface area contributed by atoms with Crippen molar-refractivity contribution in [3.05, 3.63) is 0 Å². The molecule has 0 heterocycles. The summed E-state index contributed by atoms with van der Waals surface area (Å²) in [5, 5.41) is 0. The van der Waals surface area contributed by atoms with Gasteiger partial charge in [0.1, 0.15) is 0 Å². The molecule has 0 spiro atoms. The molecular formula is C14H40N6O4. The number of amides is 2. The molecule has 0 aromatic rings. The largest absolute Gasteiger partial charge is 0.450 e. The summed E-state index contributed by atoms with van der Waals surface area (Å²) in [5.41, 5.74) is 9.51. The van der Waals surface area contributed by atoms with Crippen LogP contribution in [0.4, 0.5) is 9.59 Å². The highest BCUT2D eigenvalue weighted by molar-refractivity contribution is 5.64. The zero-order valence-electron chi connectivity index (χ0n) is 15.1. The smallest absolute Gasteiger partial charge is 0.404 e. The lowest BCUT2D eigenvalue weighted by Crippen LogP contribution is -2.14. The fraction of sp³-hybridized carbons (Fsp3) is 0.857. The van der Waals surface area contributed by atoms with Crippen LogP contribution in [-0.4, -0.2) is 25.4 Å². The van der Waals surface area contributed by atoms with Crippen LogP contribution in [0, 0.1) is 0 Å². The Kier molecular flexibility index (Phi) is 37.1. The molecule has 0 radical (unpaired) electrons. The summed E-state index contributed by atoms with van der Waals surface area (Å²) < 4.78 is 9.04. The molecule has 1 saturated carbocycles. The maximum Gasteiger partial charge on any atom is 0.404 e. The van der Waals surface area contributed by atoms with E-state index >= 15 is 0 Å². The van der Waals surface area contributed by atoms with Gasteiger partial charge in [0.25, 0.3) is 0 Å². The number of hydrogen-bond donors (Lipinski definition) is 6. The van der Waals surface area contributed by atoms with Crippen LogP contribution in [0.2, 0.25) is 0 Å². The first-order chi connectivity index (χ1) is 9.63. The van der Waals surface area contributed by atoms with Crippen LogP contribution in [0.15, 0.2) is 0 Å². The van der Waals surface area contributed by atoms with E-state index < -0.39 is 12.2 Å². The van der Waals surface area contributed by atoms with Gasteiger partial charge < -0.3 is 45.5 Å². The van der Waals surface area contributed by atoms with Crippen molar-refractivity contribution in [2.45, 2.75) is 64.2 Å². The molecule has 1 aliphatic rings. The van der Waals surface area contributed by atoms with Gasteiger partial charge in [-0.15, -0.1) is 0 Å². The van der Waals surface area contributed by atoms with Crippen LogP contribution in [0.5, 0.6) is 0 Å². The predicted octanol–water partition coefficient (Wildman–Crippen LogP) is 3.73. The SMILES string of the molecule is C1CCCCC1.N.N.N.N.NC(=O)OCCCCCCOC(N)=O. The van der Waals surface area contributed by atoms with Crippen LogP contribution in [-0.2, 0) is 9.47 Å². The van der Waals surface area contributed by atoms with Gasteiger partial charge in [-0.3, -0.25) is 0 Å². The van der Waals surface area contributed by atoms with Crippen LogP contribution < -0.4 is 36.1 Å². The van der Waals surface area contributed by atoms with Crippen molar-refractivity contribution in [2.24, 2.45) is 11.5 Å². The Bertz CT molecular complexity index is 234. The van der Waals surface area contributed by atoms with Crippen molar-refractivity contribution in [3.8, 4) is 0 Å². The highest BCUT2D eigenvalue weighted by Crippen LogP contribution is 2.15. The lowest BCUT2D eigenvalue weighted by Gasteiger charge is -2.05. The molecule has 10 nitrogen and oxygen atoms in total. The highest BCUT2D eigenvalue weighted by atomic mass is 16.5. The number of ether oxygens (including phenoxy) is 2. The normalized spacial score (nSPS) is 11.5. The first kappa shape index (κ1) is 33.9. The van der Waals surface area contributed by atoms with E-state index in [2.05, 4.69) is 9.47 Å². The molecular weight excluding hydrogens is 316 g/mol. The fourth-order valence-corrected chi connectivity index (χ4v) is 1.96. The molecule has 0 unspecified atom stereocenters. The average molecular weight is 357 g/mol. The molecule has 0 aliphatic heterocycles. The molecule has 0 saturated heterocycles. The monoisotopic (exact) mass is 356 g/mol. The molecule has 1 rings (SSSR count). The molecule has 24 heavy (non-hydrogen) atoms.